The number of carbonyl (C=O) groups excluding carboxylic acids is 4. The summed E-state index contributed by atoms with van der Waals surface area (Å²) in [4.78, 5) is 64.3. The van der Waals surface area contributed by atoms with E-state index in [1.54, 1.807) is 16.2 Å². The van der Waals surface area contributed by atoms with Crippen molar-refractivity contribution in [2.24, 2.45) is 5.92 Å². The number of carboxylic acid groups (broad SMARTS) is 1. The summed E-state index contributed by atoms with van der Waals surface area (Å²) < 4.78 is 24.1. The lowest BCUT2D eigenvalue weighted by atomic mass is 9.85. The van der Waals surface area contributed by atoms with Crippen LogP contribution in [-0.2, 0) is 44.7 Å². The minimum atomic E-state index is -0.890. The van der Waals surface area contributed by atoms with Crippen molar-refractivity contribution in [3.63, 3.8) is 0 Å². The summed E-state index contributed by atoms with van der Waals surface area (Å²) >= 11 is 1.54. The van der Waals surface area contributed by atoms with Gasteiger partial charge >= 0.3 is 5.97 Å². The minimum absolute atomic E-state index is 0.0228. The van der Waals surface area contributed by atoms with Gasteiger partial charge in [-0.05, 0) is 87.6 Å². The van der Waals surface area contributed by atoms with Gasteiger partial charge in [-0.1, -0.05) is 18.6 Å². The Morgan fingerprint density at radius 1 is 0.810 bits per heavy atom. The lowest BCUT2D eigenvalue weighted by molar-refractivity contribution is -0.138. The molecule has 2 heterocycles. The quantitative estimate of drug-likeness (QED) is 0.0749. The molecular weight excluding hydrogens is 767 g/mol. The molecule has 0 saturated heterocycles. The first-order valence-corrected chi connectivity index (χ1v) is 21.4. The number of likely N-dealkylation sites (N-methyl/N-ethyl adjacent to an activating group) is 1. The molecule has 0 radical (unpaired) electrons. The van der Waals surface area contributed by atoms with Gasteiger partial charge in [0.15, 0.2) is 0 Å². The fourth-order valence-corrected chi connectivity index (χ4v) is 7.65. The highest BCUT2D eigenvalue weighted by atomic mass is 32.1. The van der Waals surface area contributed by atoms with Crippen LogP contribution in [0.15, 0.2) is 41.8 Å². The summed E-state index contributed by atoms with van der Waals surface area (Å²) in [5, 5.41) is 19.6. The fraction of sp³-hybridized carbons (Fsp3) is 0.595. The Morgan fingerprint density at radius 3 is 2.17 bits per heavy atom. The Kier molecular flexibility index (Phi) is 20.7. The predicted octanol–water partition coefficient (Wildman–Crippen LogP) is 4.69. The molecule has 1 aliphatic carbocycles. The number of aliphatic carboxylic acids is 1. The average molecular weight is 828 g/mol. The number of thiophene rings is 1. The molecule has 320 valence electrons. The van der Waals surface area contributed by atoms with E-state index in [2.05, 4.69) is 16.0 Å². The predicted molar refractivity (Wildman–Crippen MR) is 222 cm³/mol. The maximum absolute atomic E-state index is 13.6. The molecule has 0 spiro atoms. The minimum Gasteiger partial charge on any atom is -0.481 e. The van der Waals surface area contributed by atoms with E-state index in [0.717, 1.165) is 40.7 Å². The van der Waals surface area contributed by atoms with Crippen LogP contribution >= 0.6 is 11.3 Å². The molecule has 3 aromatic rings. The third-order valence-corrected chi connectivity index (χ3v) is 10.8. The van der Waals surface area contributed by atoms with E-state index in [1.165, 1.54) is 0 Å². The van der Waals surface area contributed by atoms with Crippen LogP contribution < -0.4 is 20.9 Å². The Morgan fingerprint density at radius 2 is 1.50 bits per heavy atom. The Balaban J connectivity index is 1.02. The first-order valence-electron chi connectivity index (χ1n) is 20.5. The second-order valence-corrected chi connectivity index (χ2v) is 15.3. The topological polar surface area (TPSA) is 187 Å². The van der Waals surface area contributed by atoms with Gasteiger partial charge in [0.05, 0.1) is 69.5 Å². The number of fused-ring (bicyclic) bond motifs is 1. The number of carboxylic acids is 1. The molecule has 4 amide bonds. The van der Waals surface area contributed by atoms with E-state index in [4.69, 9.17) is 24.1 Å². The first-order chi connectivity index (χ1) is 28.2. The number of aryl methyl sites for hydroxylation is 1. The summed E-state index contributed by atoms with van der Waals surface area (Å²) in [7, 11) is 0. The van der Waals surface area contributed by atoms with Gasteiger partial charge in [-0.2, -0.15) is 0 Å². The molecule has 1 saturated carbocycles. The summed E-state index contributed by atoms with van der Waals surface area (Å²) in [5.74, 6) is -1.26. The van der Waals surface area contributed by atoms with Crippen LogP contribution in [0.25, 0.3) is 10.2 Å². The number of rotatable bonds is 28. The van der Waals surface area contributed by atoms with Gasteiger partial charge in [0.2, 0.25) is 17.7 Å². The molecular formula is C42H61N5O10S. The highest BCUT2D eigenvalue weighted by molar-refractivity contribution is 7.17. The van der Waals surface area contributed by atoms with Gasteiger partial charge in [0.25, 0.3) is 5.91 Å². The lowest BCUT2D eigenvalue weighted by Crippen LogP contribution is -2.42. The van der Waals surface area contributed by atoms with Crippen molar-refractivity contribution in [1.82, 2.24) is 20.5 Å². The second kappa shape index (κ2) is 25.9. The molecule has 0 unspecified atom stereocenters. The van der Waals surface area contributed by atoms with Crippen molar-refractivity contribution in [3.8, 4) is 0 Å². The van der Waals surface area contributed by atoms with Crippen LogP contribution in [0.3, 0.4) is 0 Å². The summed E-state index contributed by atoms with van der Waals surface area (Å²) in [6, 6.07) is 11.6. The lowest BCUT2D eigenvalue weighted by Gasteiger charge is -2.28. The normalized spacial score (nSPS) is 15.3. The van der Waals surface area contributed by atoms with E-state index in [1.807, 2.05) is 60.2 Å². The molecule has 4 N–H and O–H groups in total. The Hall–Kier alpha value is -4.35. The van der Waals surface area contributed by atoms with Gasteiger partial charge in [-0.15, -0.1) is 11.3 Å². The maximum Gasteiger partial charge on any atom is 0.305 e. The van der Waals surface area contributed by atoms with E-state index in [9.17, 15) is 24.0 Å². The van der Waals surface area contributed by atoms with Crippen LogP contribution in [-0.4, -0.2) is 118 Å². The van der Waals surface area contributed by atoms with Crippen LogP contribution in [0.4, 0.5) is 5.69 Å². The van der Waals surface area contributed by atoms with Crippen molar-refractivity contribution in [1.29, 1.82) is 0 Å². The number of nitrogens with zero attached hydrogens (tertiary/aromatic N) is 2. The van der Waals surface area contributed by atoms with Crippen LogP contribution in [0.2, 0.25) is 0 Å². The third kappa shape index (κ3) is 16.1. The molecule has 0 aliphatic heterocycles. The number of benzene rings is 1. The highest BCUT2D eigenvalue weighted by Crippen LogP contribution is 2.28. The molecule has 16 heteroatoms. The Bertz CT molecular complexity index is 1740. The maximum atomic E-state index is 13.6. The molecule has 1 fully saturated rings. The molecule has 2 aromatic heterocycles. The van der Waals surface area contributed by atoms with Gasteiger partial charge < -0.3 is 49.5 Å². The summed E-state index contributed by atoms with van der Waals surface area (Å²) in [6.07, 6.45) is 5.54. The SMILES string of the molecule is CCN(C(=O)Cn1c(C(=O)N[C@H]2CC[C@H](C(=O)NCCCCCC(=O)NCCOCCOCCOCCOCCC(=O)O)CC2)cc2sccc21)c1cccc(C)c1. The summed E-state index contributed by atoms with van der Waals surface area (Å²) in [6.45, 7) is 8.42. The number of carbonyl (C=O) groups is 5. The van der Waals surface area contributed by atoms with Gasteiger partial charge in [0.1, 0.15) is 12.2 Å². The number of aromatic nitrogens is 1. The van der Waals surface area contributed by atoms with Crippen LogP contribution in [0, 0.1) is 12.8 Å². The molecule has 1 aromatic carbocycles. The zero-order chi connectivity index (χ0) is 41.5. The van der Waals surface area contributed by atoms with Gasteiger partial charge in [-0.3, -0.25) is 24.0 Å². The second-order valence-electron chi connectivity index (χ2n) is 14.3. The van der Waals surface area contributed by atoms with E-state index < -0.39 is 5.97 Å². The highest BCUT2D eigenvalue weighted by Gasteiger charge is 2.29. The molecule has 0 bridgehead atoms. The van der Waals surface area contributed by atoms with Crippen LogP contribution in [0.1, 0.15) is 80.8 Å². The van der Waals surface area contributed by atoms with Crippen molar-refractivity contribution >= 4 is 56.8 Å². The largest absolute Gasteiger partial charge is 0.481 e. The average Bonchev–Trinajstić information content (AvgIpc) is 3.81. The zero-order valence-corrected chi connectivity index (χ0v) is 34.8. The van der Waals surface area contributed by atoms with Gasteiger partial charge in [0, 0.05) is 43.7 Å². The fourth-order valence-electron chi connectivity index (χ4n) is 6.83. The molecule has 15 nitrogen and oxygen atoms in total. The third-order valence-electron chi connectivity index (χ3n) is 9.94. The van der Waals surface area contributed by atoms with E-state index >= 15 is 0 Å². The number of unbranched alkanes of at least 4 members (excludes halogenated alkanes) is 2. The van der Waals surface area contributed by atoms with E-state index in [0.29, 0.717) is 104 Å². The number of amides is 4. The molecule has 0 atom stereocenters. The Labute approximate surface area is 345 Å². The molecule has 4 rings (SSSR count). The number of hydrogen-bond acceptors (Lipinski definition) is 10. The number of nitrogens with one attached hydrogen (secondary N) is 3. The van der Waals surface area contributed by atoms with Crippen molar-refractivity contribution in [2.45, 2.75) is 84.2 Å². The standard InChI is InChI=1S/C42H61N5O10S/c1-3-46(34-9-7-8-31(2)28-34)39(49)30-47-35-16-27-58-37(35)29-36(47)42(53)45-33-13-11-32(12-14-33)41(52)44-17-6-4-5-10-38(48)43-18-20-55-22-24-57-26-25-56-23-21-54-19-15-40(50)51/h7-9,16,27-29,32-33H,3-6,10-15,17-26,30H2,1-2H3,(H,43,48)(H,44,52)(H,45,53)(H,50,51)/t32-,33-. The van der Waals surface area contributed by atoms with E-state index in [-0.39, 0.29) is 55.2 Å². The number of ether oxygens (including phenoxy) is 4. The zero-order valence-electron chi connectivity index (χ0n) is 34.0. The molecule has 58 heavy (non-hydrogen) atoms. The number of hydrogen-bond donors (Lipinski definition) is 4. The number of anilines is 1. The first kappa shape index (κ1) is 46.3. The van der Waals surface area contributed by atoms with Crippen molar-refractivity contribution < 1.29 is 48.0 Å². The van der Waals surface area contributed by atoms with Gasteiger partial charge in [-0.25, -0.2) is 0 Å². The smallest absolute Gasteiger partial charge is 0.305 e. The molecule has 1 aliphatic rings. The summed E-state index contributed by atoms with van der Waals surface area (Å²) in [5.41, 5.74) is 3.24. The van der Waals surface area contributed by atoms with Crippen molar-refractivity contribution in [2.75, 3.05) is 77.4 Å². The monoisotopic (exact) mass is 827 g/mol. The van der Waals surface area contributed by atoms with Crippen molar-refractivity contribution in [3.05, 3.63) is 53.0 Å². The van der Waals surface area contributed by atoms with Crippen LogP contribution in [0.5, 0.6) is 0 Å².